The van der Waals surface area contributed by atoms with Crippen molar-refractivity contribution < 1.29 is 4.74 Å². The summed E-state index contributed by atoms with van der Waals surface area (Å²) < 4.78 is 5.77. The second-order valence-corrected chi connectivity index (χ2v) is 5.21. The first-order chi connectivity index (χ1) is 7.07. The SMILES string of the molecule is CC(C)(C)C1N[C@@H](c2ccccc2)CO1. The van der Waals surface area contributed by atoms with Crippen LogP contribution in [0.3, 0.4) is 0 Å². The van der Waals surface area contributed by atoms with Gasteiger partial charge in [0.1, 0.15) is 6.23 Å². The maximum absolute atomic E-state index is 5.77. The average Bonchev–Trinajstić information content (AvgIpc) is 2.67. The lowest BCUT2D eigenvalue weighted by Gasteiger charge is -2.26. The minimum Gasteiger partial charge on any atom is -0.361 e. The molecule has 15 heavy (non-hydrogen) atoms. The summed E-state index contributed by atoms with van der Waals surface area (Å²) in [7, 11) is 0. The molecular formula is C13H19NO. The van der Waals surface area contributed by atoms with E-state index in [0.29, 0.717) is 6.04 Å². The maximum Gasteiger partial charge on any atom is 0.113 e. The molecule has 1 aliphatic heterocycles. The van der Waals surface area contributed by atoms with Crippen LogP contribution in [0.5, 0.6) is 0 Å². The molecule has 1 unspecified atom stereocenters. The fourth-order valence-corrected chi connectivity index (χ4v) is 1.85. The van der Waals surface area contributed by atoms with Crippen molar-refractivity contribution in [2.24, 2.45) is 5.41 Å². The monoisotopic (exact) mass is 205 g/mol. The first-order valence-electron chi connectivity index (χ1n) is 5.50. The fraction of sp³-hybridized carbons (Fsp3) is 0.538. The Hall–Kier alpha value is -0.860. The van der Waals surface area contributed by atoms with Crippen molar-refractivity contribution in [2.75, 3.05) is 6.61 Å². The zero-order valence-electron chi connectivity index (χ0n) is 9.66. The van der Waals surface area contributed by atoms with E-state index in [4.69, 9.17) is 4.74 Å². The second kappa shape index (κ2) is 3.95. The smallest absolute Gasteiger partial charge is 0.113 e. The molecule has 2 atom stereocenters. The summed E-state index contributed by atoms with van der Waals surface area (Å²) in [5, 5.41) is 3.52. The molecule has 1 fully saturated rings. The Morgan fingerprint density at radius 3 is 2.40 bits per heavy atom. The number of nitrogens with one attached hydrogen (secondary N) is 1. The Morgan fingerprint density at radius 1 is 1.20 bits per heavy atom. The van der Waals surface area contributed by atoms with E-state index in [1.807, 2.05) is 6.07 Å². The van der Waals surface area contributed by atoms with E-state index >= 15 is 0 Å². The molecule has 0 spiro atoms. The van der Waals surface area contributed by atoms with Crippen molar-refractivity contribution in [3.05, 3.63) is 35.9 Å². The quantitative estimate of drug-likeness (QED) is 0.761. The summed E-state index contributed by atoms with van der Waals surface area (Å²) in [5.74, 6) is 0. The largest absolute Gasteiger partial charge is 0.361 e. The Morgan fingerprint density at radius 2 is 1.87 bits per heavy atom. The lowest BCUT2D eigenvalue weighted by atomic mass is 9.94. The average molecular weight is 205 g/mol. The van der Waals surface area contributed by atoms with Gasteiger partial charge in [-0.25, -0.2) is 0 Å². The number of benzene rings is 1. The van der Waals surface area contributed by atoms with Crippen molar-refractivity contribution in [1.82, 2.24) is 5.32 Å². The van der Waals surface area contributed by atoms with Crippen LogP contribution in [0.2, 0.25) is 0 Å². The first kappa shape index (κ1) is 10.7. The van der Waals surface area contributed by atoms with E-state index in [0.717, 1.165) is 6.61 Å². The van der Waals surface area contributed by atoms with Gasteiger partial charge in [-0.2, -0.15) is 0 Å². The molecule has 1 aromatic carbocycles. The van der Waals surface area contributed by atoms with Gasteiger partial charge in [0.25, 0.3) is 0 Å². The third-order valence-electron chi connectivity index (χ3n) is 2.77. The molecule has 1 aliphatic rings. The van der Waals surface area contributed by atoms with Crippen molar-refractivity contribution in [3.8, 4) is 0 Å². The molecule has 0 radical (unpaired) electrons. The highest BCUT2D eigenvalue weighted by molar-refractivity contribution is 5.19. The predicted molar refractivity (Wildman–Crippen MR) is 61.5 cm³/mol. The van der Waals surface area contributed by atoms with Gasteiger partial charge in [0.15, 0.2) is 0 Å². The molecular weight excluding hydrogens is 186 g/mol. The molecule has 1 heterocycles. The Labute approximate surface area is 91.6 Å². The molecule has 0 aromatic heterocycles. The van der Waals surface area contributed by atoms with Crippen LogP contribution in [-0.4, -0.2) is 12.8 Å². The van der Waals surface area contributed by atoms with Crippen LogP contribution in [0, 0.1) is 5.41 Å². The lowest BCUT2D eigenvalue weighted by Crippen LogP contribution is -2.37. The predicted octanol–water partition coefficient (Wildman–Crippen LogP) is 2.72. The van der Waals surface area contributed by atoms with Crippen LogP contribution in [0.1, 0.15) is 32.4 Å². The Balaban J connectivity index is 2.05. The van der Waals surface area contributed by atoms with Gasteiger partial charge >= 0.3 is 0 Å². The number of rotatable bonds is 1. The van der Waals surface area contributed by atoms with Crippen molar-refractivity contribution in [3.63, 3.8) is 0 Å². The topological polar surface area (TPSA) is 21.3 Å². The molecule has 0 aliphatic carbocycles. The van der Waals surface area contributed by atoms with Crippen molar-refractivity contribution in [1.29, 1.82) is 0 Å². The highest BCUT2D eigenvalue weighted by atomic mass is 16.5. The number of hydrogen-bond acceptors (Lipinski definition) is 2. The highest BCUT2D eigenvalue weighted by Gasteiger charge is 2.33. The molecule has 2 nitrogen and oxygen atoms in total. The summed E-state index contributed by atoms with van der Waals surface area (Å²) in [4.78, 5) is 0. The number of ether oxygens (including phenoxy) is 1. The molecule has 0 saturated carbocycles. The molecule has 82 valence electrons. The fourth-order valence-electron chi connectivity index (χ4n) is 1.85. The molecule has 2 heteroatoms. The molecule has 1 aromatic rings. The highest BCUT2D eigenvalue weighted by Crippen LogP contribution is 2.29. The second-order valence-electron chi connectivity index (χ2n) is 5.21. The molecule has 2 rings (SSSR count). The van der Waals surface area contributed by atoms with Gasteiger partial charge in [0.2, 0.25) is 0 Å². The van der Waals surface area contributed by atoms with E-state index in [-0.39, 0.29) is 11.6 Å². The molecule has 1 N–H and O–H groups in total. The van der Waals surface area contributed by atoms with E-state index in [2.05, 4.69) is 50.4 Å². The van der Waals surface area contributed by atoms with E-state index in [9.17, 15) is 0 Å². The zero-order chi connectivity index (χ0) is 10.9. The van der Waals surface area contributed by atoms with Crippen molar-refractivity contribution in [2.45, 2.75) is 33.0 Å². The standard InChI is InChI=1S/C13H19NO/c1-13(2,3)12-14-11(9-15-12)10-7-5-4-6-8-10/h4-8,11-12,14H,9H2,1-3H3/t11-,12?/m1/s1. The van der Waals surface area contributed by atoms with E-state index in [1.54, 1.807) is 0 Å². The van der Waals surface area contributed by atoms with Crippen LogP contribution in [0.4, 0.5) is 0 Å². The van der Waals surface area contributed by atoms with Gasteiger partial charge in [0.05, 0.1) is 12.6 Å². The van der Waals surface area contributed by atoms with Crippen molar-refractivity contribution >= 4 is 0 Å². The van der Waals surface area contributed by atoms with Crippen LogP contribution < -0.4 is 5.32 Å². The lowest BCUT2D eigenvalue weighted by molar-refractivity contribution is 0.0173. The third kappa shape index (κ3) is 2.39. The van der Waals surface area contributed by atoms with E-state index in [1.165, 1.54) is 5.56 Å². The molecule has 1 saturated heterocycles. The van der Waals surface area contributed by atoms with Crippen LogP contribution >= 0.6 is 0 Å². The summed E-state index contributed by atoms with van der Waals surface area (Å²) in [6, 6.07) is 10.8. The van der Waals surface area contributed by atoms with Gasteiger partial charge in [-0.05, 0) is 5.56 Å². The van der Waals surface area contributed by atoms with Gasteiger partial charge in [-0.3, -0.25) is 5.32 Å². The van der Waals surface area contributed by atoms with Gasteiger partial charge in [0, 0.05) is 5.41 Å². The molecule has 0 amide bonds. The van der Waals surface area contributed by atoms with Gasteiger partial charge < -0.3 is 4.74 Å². The third-order valence-corrected chi connectivity index (χ3v) is 2.77. The number of hydrogen-bond donors (Lipinski definition) is 1. The summed E-state index contributed by atoms with van der Waals surface area (Å²) >= 11 is 0. The van der Waals surface area contributed by atoms with Crippen LogP contribution in [0.15, 0.2) is 30.3 Å². The summed E-state index contributed by atoms with van der Waals surface area (Å²) in [6.07, 6.45) is 0.155. The Bertz CT molecular complexity index is 315. The summed E-state index contributed by atoms with van der Waals surface area (Å²) in [6.45, 7) is 7.35. The summed E-state index contributed by atoms with van der Waals surface area (Å²) in [5.41, 5.74) is 1.47. The first-order valence-corrected chi connectivity index (χ1v) is 5.50. The van der Waals surface area contributed by atoms with Gasteiger partial charge in [-0.15, -0.1) is 0 Å². The van der Waals surface area contributed by atoms with Crippen LogP contribution in [-0.2, 0) is 4.74 Å². The minimum atomic E-state index is 0.155. The zero-order valence-corrected chi connectivity index (χ0v) is 9.66. The van der Waals surface area contributed by atoms with E-state index < -0.39 is 0 Å². The van der Waals surface area contributed by atoms with Gasteiger partial charge in [-0.1, -0.05) is 51.1 Å². The van der Waals surface area contributed by atoms with Crippen LogP contribution in [0.25, 0.3) is 0 Å². The normalized spacial score (nSPS) is 26.9. The minimum absolute atomic E-state index is 0.155. The Kier molecular flexibility index (Phi) is 2.81. The molecule has 0 bridgehead atoms. The maximum atomic E-state index is 5.77.